The molecule has 0 N–H and O–H groups in total. The molecule has 14 heavy (non-hydrogen) atoms. The lowest BCUT2D eigenvalue weighted by Crippen LogP contribution is -2.02. The van der Waals surface area contributed by atoms with Gasteiger partial charge in [-0.3, -0.25) is 4.79 Å². The van der Waals surface area contributed by atoms with E-state index >= 15 is 0 Å². The van der Waals surface area contributed by atoms with Crippen molar-refractivity contribution in [3.63, 3.8) is 0 Å². The van der Waals surface area contributed by atoms with Crippen LogP contribution in [0.1, 0.15) is 33.6 Å². The van der Waals surface area contributed by atoms with Crippen LogP contribution >= 0.6 is 0 Å². The molecule has 0 unspecified atom stereocenters. The maximum atomic E-state index is 12.5. The molecule has 0 aliphatic heterocycles. The van der Waals surface area contributed by atoms with Gasteiger partial charge >= 0.3 is 0 Å². The van der Waals surface area contributed by atoms with Crippen LogP contribution in [-0.4, -0.2) is 11.3 Å². The average Bonchev–Trinajstić information content (AvgIpc) is 2.17. The quantitative estimate of drug-likeness (QED) is 0.680. The van der Waals surface area contributed by atoms with Crippen LogP contribution in [0.25, 0.3) is 0 Å². The third kappa shape index (κ3) is 1.59. The molecule has 0 radical (unpaired) electrons. The first-order valence-corrected chi connectivity index (χ1v) is 3.74. The summed E-state index contributed by atoms with van der Waals surface area (Å²) >= 11 is 0. The van der Waals surface area contributed by atoms with Crippen LogP contribution in [-0.2, 0) is 0 Å². The van der Waals surface area contributed by atoms with Crippen molar-refractivity contribution in [1.82, 2.24) is 4.98 Å². The summed E-state index contributed by atoms with van der Waals surface area (Å²) in [4.78, 5) is 14.1. The van der Waals surface area contributed by atoms with Crippen molar-refractivity contribution in [1.29, 1.82) is 5.26 Å². The summed E-state index contributed by atoms with van der Waals surface area (Å²) in [5.41, 5.74) is -0.781. The Kier molecular flexibility index (Phi) is 2.87. The van der Waals surface area contributed by atoms with Crippen LogP contribution in [0.15, 0.2) is 6.20 Å². The largest absolute Gasteiger partial charge is 0.298 e. The minimum Gasteiger partial charge on any atom is -0.298 e. The molecule has 0 saturated heterocycles. The Hall–Kier alpha value is -1.83. The van der Waals surface area contributed by atoms with E-state index in [1.807, 2.05) is 0 Å². The van der Waals surface area contributed by atoms with Gasteiger partial charge in [0.25, 0.3) is 6.43 Å². The van der Waals surface area contributed by atoms with E-state index in [1.54, 1.807) is 0 Å². The molecule has 3 nitrogen and oxygen atoms in total. The molecule has 0 bridgehead atoms. The highest BCUT2D eigenvalue weighted by atomic mass is 19.3. The molecule has 0 aliphatic rings. The van der Waals surface area contributed by atoms with Crippen LogP contribution in [0, 0.1) is 18.3 Å². The number of aryl methyl sites for hydroxylation is 1. The Morgan fingerprint density at radius 2 is 2.29 bits per heavy atom. The van der Waals surface area contributed by atoms with Crippen molar-refractivity contribution >= 4 is 6.29 Å². The van der Waals surface area contributed by atoms with E-state index in [1.165, 1.54) is 19.2 Å². The maximum Gasteiger partial charge on any atom is 0.267 e. The fraction of sp³-hybridized carbons (Fsp3) is 0.222. The zero-order valence-electron chi connectivity index (χ0n) is 7.29. The summed E-state index contributed by atoms with van der Waals surface area (Å²) in [6.07, 6.45) is -1.31. The van der Waals surface area contributed by atoms with E-state index in [9.17, 15) is 13.6 Å². The predicted octanol–water partition coefficient (Wildman–Crippen LogP) is 2.01. The van der Waals surface area contributed by atoms with Crippen LogP contribution in [0.5, 0.6) is 0 Å². The Bertz CT molecular complexity index is 410. The molecule has 1 aromatic rings. The third-order valence-electron chi connectivity index (χ3n) is 1.80. The van der Waals surface area contributed by atoms with Crippen molar-refractivity contribution in [2.75, 3.05) is 0 Å². The molecule has 0 aliphatic carbocycles. The highest BCUT2D eigenvalue weighted by Gasteiger charge is 2.20. The van der Waals surface area contributed by atoms with Gasteiger partial charge < -0.3 is 0 Å². The van der Waals surface area contributed by atoms with Crippen molar-refractivity contribution in [2.24, 2.45) is 0 Å². The van der Waals surface area contributed by atoms with Crippen LogP contribution in [0.4, 0.5) is 8.78 Å². The molecule has 72 valence electrons. The standard InChI is InChI=1S/C9H6F2N2O/c1-5-3-13-7(2-12)8(9(10)11)6(5)4-14/h3-4,9H,1H3. The number of carbonyl (C=O) groups excluding carboxylic acids is 1. The van der Waals surface area contributed by atoms with Gasteiger partial charge in [0.15, 0.2) is 6.29 Å². The summed E-state index contributed by atoms with van der Waals surface area (Å²) in [5, 5.41) is 8.52. The van der Waals surface area contributed by atoms with Gasteiger partial charge in [0.2, 0.25) is 0 Å². The molecule has 1 heterocycles. The van der Waals surface area contributed by atoms with E-state index in [0.717, 1.165) is 0 Å². The normalized spacial score (nSPS) is 9.93. The molecule has 1 aromatic heterocycles. The van der Waals surface area contributed by atoms with Crippen LogP contribution in [0.2, 0.25) is 0 Å². The number of pyridine rings is 1. The Labute approximate surface area is 79.0 Å². The first-order valence-electron chi connectivity index (χ1n) is 3.74. The highest BCUT2D eigenvalue weighted by Crippen LogP contribution is 2.26. The van der Waals surface area contributed by atoms with Gasteiger partial charge in [-0.25, -0.2) is 13.8 Å². The highest BCUT2D eigenvalue weighted by molar-refractivity contribution is 5.80. The number of hydrogen-bond donors (Lipinski definition) is 0. The van der Waals surface area contributed by atoms with E-state index in [2.05, 4.69) is 4.98 Å². The number of halogens is 2. The van der Waals surface area contributed by atoms with E-state index in [0.29, 0.717) is 11.8 Å². The number of rotatable bonds is 2. The molecular weight excluding hydrogens is 190 g/mol. The molecular formula is C9H6F2N2O. The molecule has 0 aromatic carbocycles. The lowest BCUT2D eigenvalue weighted by atomic mass is 10.0. The number of hydrogen-bond acceptors (Lipinski definition) is 3. The maximum absolute atomic E-state index is 12.5. The lowest BCUT2D eigenvalue weighted by Gasteiger charge is -2.07. The first-order chi connectivity index (χ1) is 6.61. The number of nitriles is 1. The monoisotopic (exact) mass is 196 g/mol. The molecule has 0 atom stereocenters. The summed E-state index contributed by atoms with van der Waals surface area (Å²) in [5.74, 6) is 0. The summed E-state index contributed by atoms with van der Waals surface area (Å²) < 4.78 is 25.0. The fourth-order valence-electron chi connectivity index (χ4n) is 1.11. The second kappa shape index (κ2) is 3.92. The number of carbonyl (C=O) groups is 1. The predicted molar refractivity (Wildman–Crippen MR) is 44.0 cm³/mol. The average molecular weight is 196 g/mol. The second-order valence-corrected chi connectivity index (χ2v) is 2.65. The zero-order valence-corrected chi connectivity index (χ0v) is 7.29. The number of nitrogens with zero attached hydrogens (tertiary/aromatic N) is 2. The summed E-state index contributed by atoms with van der Waals surface area (Å²) in [6.45, 7) is 1.49. The number of alkyl halides is 2. The van der Waals surface area contributed by atoms with Crippen molar-refractivity contribution in [3.05, 3.63) is 28.6 Å². The minimum absolute atomic E-state index is 0.147. The van der Waals surface area contributed by atoms with Crippen LogP contribution < -0.4 is 0 Å². The third-order valence-corrected chi connectivity index (χ3v) is 1.80. The molecule has 1 rings (SSSR count). The zero-order chi connectivity index (χ0) is 10.7. The number of aldehydes is 1. The van der Waals surface area contributed by atoms with Crippen molar-refractivity contribution in [3.8, 4) is 6.07 Å². The minimum atomic E-state index is -2.86. The van der Waals surface area contributed by atoms with E-state index in [-0.39, 0.29) is 5.56 Å². The first kappa shape index (κ1) is 10.3. The Morgan fingerprint density at radius 3 is 2.71 bits per heavy atom. The summed E-state index contributed by atoms with van der Waals surface area (Å²) in [7, 11) is 0. The van der Waals surface area contributed by atoms with Gasteiger partial charge in [0, 0.05) is 11.8 Å². The number of aromatic nitrogens is 1. The molecule has 0 amide bonds. The Balaban J connectivity index is 3.54. The molecule has 0 saturated carbocycles. The van der Waals surface area contributed by atoms with Crippen molar-refractivity contribution < 1.29 is 13.6 Å². The lowest BCUT2D eigenvalue weighted by molar-refractivity contribution is 0.110. The van der Waals surface area contributed by atoms with Gasteiger partial charge in [-0.15, -0.1) is 0 Å². The van der Waals surface area contributed by atoms with Gasteiger partial charge in [0.1, 0.15) is 11.8 Å². The summed E-state index contributed by atoms with van der Waals surface area (Å²) in [6, 6.07) is 1.53. The smallest absolute Gasteiger partial charge is 0.267 e. The van der Waals surface area contributed by atoms with Gasteiger partial charge in [-0.05, 0) is 12.5 Å². The topological polar surface area (TPSA) is 53.8 Å². The van der Waals surface area contributed by atoms with Gasteiger partial charge in [-0.1, -0.05) is 0 Å². The van der Waals surface area contributed by atoms with Gasteiger partial charge in [-0.2, -0.15) is 5.26 Å². The fourth-order valence-corrected chi connectivity index (χ4v) is 1.11. The van der Waals surface area contributed by atoms with E-state index < -0.39 is 17.7 Å². The SMILES string of the molecule is Cc1cnc(C#N)c(C(F)F)c1C=O. The van der Waals surface area contributed by atoms with E-state index in [4.69, 9.17) is 5.26 Å². The van der Waals surface area contributed by atoms with Crippen molar-refractivity contribution in [2.45, 2.75) is 13.3 Å². The second-order valence-electron chi connectivity index (χ2n) is 2.65. The molecule has 5 heteroatoms. The van der Waals surface area contributed by atoms with Crippen LogP contribution in [0.3, 0.4) is 0 Å². The Morgan fingerprint density at radius 1 is 1.64 bits per heavy atom. The van der Waals surface area contributed by atoms with Gasteiger partial charge in [0.05, 0.1) is 5.56 Å². The molecule has 0 fully saturated rings. The molecule has 0 spiro atoms.